The van der Waals surface area contributed by atoms with E-state index in [0.717, 1.165) is 32.1 Å². The van der Waals surface area contributed by atoms with Crippen LogP contribution in [0.25, 0.3) is 0 Å². The Morgan fingerprint density at radius 1 is 0.471 bits per heavy atom. The van der Waals surface area contributed by atoms with Crippen LogP contribution in [0.3, 0.4) is 0 Å². The molecule has 0 unspecified atom stereocenters. The lowest BCUT2D eigenvalue weighted by Gasteiger charge is -2.33. The maximum Gasteiger partial charge on any atom is 0.550 e. The number of carbonyl (C=O) groups excluding carboxylic acids is 4. The van der Waals surface area contributed by atoms with Gasteiger partial charge in [-0.2, -0.15) is 9.59 Å². The van der Waals surface area contributed by atoms with E-state index in [1.165, 1.54) is 66.9 Å². The van der Waals surface area contributed by atoms with E-state index in [9.17, 15) is 19.2 Å². The molecule has 16 nitrogen and oxygen atoms in total. The van der Waals surface area contributed by atoms with Gasteiger partial charge >= 0.3 is 24.2 Å². The summed E-state index contributed by atoms with van der Waals surface area (Å²) >= 11 is 0. The first-order valence-corrected chi connectivity index (χ1v) is 16.4. The zero-order chi connectivity index (χ0) is 36.9. The molecule has 0 aromatic heterocycles. The molecule has 2 aromatic rings. The van der Waals surface area contributed by atoms with Gasteiger partial charge in [-0.05, 0) is 93.9 Å². The van der Waals surface area contributed by atoms with Gasteiger partial charge in [0.15, 0.2) is 23.0 Å². The molecule has 0 atom stereocenters. The molecular formula is C35H44O16. The van der Waals surface area contributed by atoms with Crippen molar-refractivity contribution >= 4 is 24.2 Å². The zero-order valence-electron chi connectivity index (χ0n) is 29.5. The Balaban J connectivity index is 1.12. The summed E-state index contributed by atoms with van der Waals surface area (Å²) in [6.45, 7) is 0. The predicted octanol–water partition coefficient (Wildman–Crippen LogP) is 6.40. The first-order chi connectivity index (χ1) is 24.6. The molecule has 2 saturated carbocycles. The van der Waals surface area contributed by atoms with Crippen molar-refractivity contribution in [3.63, 3.8) is 0 Å². The van der Waals surface area contributed by atoms with Crippen molar-refractivity contribution in [2.75, 3.05) is 42.7 Å². The van der Waals surface area contributed by atoms with Crippen LogP contribution in [0.1, 0.15) is 78.5 Å². The number of ether oxygens (including phenoxy) is 8. The fourth-order valence-electron chi connectivity index (χ4n) is 6.51. The highest BCUT2D eigenvalue weighted by molar-refractivity contribution is 5.95. The summed E-state index contributed by atoms with van der Waals surface area (Å²) in [6, 6.07) is 5.78. The highest BCUT2D eigenvalue weighted by Gasteiger charge is 2.31. The van der Waals surface area contributed by atoms with Gasteiger partial charge in [-0.1, -0.05) is 0 Å². The van der Waals surface area contributed by atoms with E-state index in [1.54, 1.807) is 0 Å². The fraction of sp³-hybridized carbons (Fsp3) is 0.543. The Hall–Kier alpha value is -5.28. The van der Waals surface area contributed by atoms with Crippen LogP contribution in [-0.2, 0) is 29.0 Å². The van der Waals surface area contributed by atoms with Crippen molar-refractivity contribution in [1.82, 2.24) is 0 Å². The van der Waals surface area contributed by atoms with Crippen molar-refractivity contribution in [2.45, 2.75) is 70.0 Å². The quantitative estimate of drug-likeness (QED) is 0.133. The minimum Gasteiger partial charge on any atom is -0.493 e. The Morgan fingerprint density at radius 3 is 1.14 bits per heavy atom. The highest BCUT2D eigenvalue weighted by Crippen LogP contribution is 2.41. The number of hydrogen-bond donors (Lipinski definition) is 0. The van der Waals surface area contributed by atoms with Crippen LogP contribution in [0.15, 0.2) is 24.3 Å². The van der Waals surface area contributed by atoms with E-state index in [0.29, 0.717) is 49.0 Å². The van der Waals surface area contributed by atoms with Crippen molar-refractivity contribution < 1.29 is 76.6 Å². The highest BCUT2D eigenvalue weighted by atomic mass is 17.2. The molecule has 0 bridgehead atoms. The molecule has 2 aromatic carbocycles. The summed E-state index contributed by atoms with van der Waals surface area (Å²) in [5.41, 5.74) is -0.0587. The van der Waals surface area contributed by atoms with E-state index >= 15 is 0 Å². The normalized spacial score (nSPS) is 19.7. The largest absolute Gasteiger partial charge is 0.550 e. The zero-order valence-corrected chi connectivity index (χ0v) is 29.5. The second kappa shape index (κ2) is 18.6. The van der Waals surface area contributed by atoms with Gasteiger partial charge in [-0.3, -0.25) is 0 Å². The van der Waals surface area contributed by atoms with Gasteiger partial charge in [0.1, 0.15) is 23.3 Å². The first kappa shape index (κ1) is 38.5. The van der Waals surface area contributed by atoms with Gasteiger partial charge < -0.3 is 37.9 Å². The molecule has 0 heterocycles. The van der Waals surface area contributed by atoms with Gasteiger partial charge in [0.05, 0.1) is 42.7 Å². The number of carbonyl (C=O) groups is 4. The van der Waals surface area contributed by atoms with Crippen molar-refractivity contribution in [1.29, 1.82) is 0 Å². The molecule has 0 aliphatic heterocycles. The second-order valence-electron chi connectivity index (χ2n) is 11.9. The van der Waals surface area contributed by atoms with Crippen molar-refractivity contribution in [3.05, 3.63) is 35.4 Å². The lowest BCUT2D eigenvalue weighted by Crippen LogP contribution is -2.28. The molecule has 0 saturated heterocycles. The molecule has 4 rings (SSSR count). The van der Waals surface area contributed by atoms with Crippen LogP contribution in [0, 0.1) is 11.8 Å². The summed E-state index contributed by atoms with van der Waals surface area (Å²) in [5.74, 6) is 0.156. The summed E-state index contributed by atoms with van der Waals surface area (Å²) in [5, 5.41) is 0. The molecule has 280 valence electrons. The Kier molecular flexibility index (Phi) is 14.1. The van der Waals surface area contributed by atoms with Crippen molar-refractivity contribution in [2.24, 2.45) is 11.8 Å². The Labute approximate surface area is 295 Å². The SMILES string of the molecule is COc1ccc(C(=O)OOC(=O)OC2CCC(CC3CCC(OC(=O)OOC(=O)c4ccc(OC)c(OC)c4OC)CC3)CC2)c(OC)c1OC. The summed E-state index contributed by atoms with van der Waals surface area (Å²) < 4.78 is 42.2. The lowest BCUT2D eigenvalue weighted by atomic mass is 9.76. The molecular weight excluding hydrogens is 676 g/mol. The number of methoxy groups -OCH3 is 6. The van der Waals surface area contributed by atoms with Crippen LogP contribution in [-0.4, -0.2) is 79.1 Å². The van der Waals surface area contributed by atoms with Crippen LogP contribution < -0.4 is 28.4 Å². The third-order valence-electron chi connectivity index (χ3n) is 9.00. The smallest absolute Gasteiger partial charge is 0.493 e. The van der Waals surface area contributed by atoms with Gasteiger partial charge in [-0.15, -0.1) is 0 Å². The summed E-state index contributed by atoms with van der Waals surface area (Å²) in [7, 11) is 8.37. The lowest BCUT2D eigenvalue weighted by molar-refractivity contribution is -0.208. The molecule has 2 aliphatic carbocycles. The monoisotopic (exact) mass is 720 g/mol. The predicted molar refractivity (Wildman–Crippen MR) is 174 cm³/mol. The number of hydrogen-bond acceptors (Lipinski definition) is 16. The summed E-state index contributed by atoms with van der Waals surface area (Å²) in [6.07, 6.45) is 4.09. The van der Waals surface area contributed by atoms with E-state index in [2.05, 4.69) is 9.78 Å². The van der Waals surface area contributed by atoms with E-state index in [1.807, 2.05) is 0 Å². The third kappa shape index (κ3) is 9.92. The number of benzene rings is 2. The molecule has 0 amide bonds. The van der Waals surface area contributed by atoms with Crippen LogP contribution in [0.5, 0.6) is 34.5 Å². The fourth-order valence-corrected chi connectivity index (χ4v) is 6.51. The summed E-state index contributed by atoms with van der Waals surface area (Å²) in [4.78, 5) is 68.3. The van der Waals surface area contributed by atoms with Gasteiger partial charge in [0, 0.05) is 0 Å². The molecule has 0 spiro atoms. The second-order valence-corrected chi connectivity index (χ2v) is 11.9. The Bertz CT molecular complexity index is 1400. The molecule has 16 heteroatoms. The maximum absolute atomic E-state index is 12.6. The molecule has 2 fully saturated rings. The van der Waals surface area contributed by atoms with Crippen LogP contribution >= 0.6 is 0 Å². The molecule has 0 radical (unpaired) electrons. The van der Waals surface area contributed by atoms with Gasteiger partial charge in [0.25, 0.3) is 0 Å². The molecule has 51 heavy (non-hydrogen) atoms. The average Bonchev–Trinajstić information content (AvgIpc) is 3.15. The van der Waals surface area contributed by atoms with E-state index in [-0.39, 0.29) is 46.3 Å². The van der Waals surface area contributed by atoms with E-state index < -0.39 is 24.2 Å². The molecule has 2 aliphatic rings. The topological polar surface area (TPSA) is 179 Å². The van der Waals surface area contributed by atoms with Crippen LogP contribution in [0.2, 0.25) is 0 Å². The minimum absolute atomic E-state index is 0.0294. The molecule has 0 N–H and O–H groups in total. The third-order valence-corrected chi connectivity index (χ3v) is 9.00. The van der Waals surface area contributed by atoms with Crippen LogP contribution in [0.4, 0.5) is 9.59 Å². The number of rotatable bonds is 12. The van der Waals surface area contributed by atoms with Gasteiger partial charge in [0.2, 0.25) is 11.5 Å². The van der Waals surface area contributed by atoms with Gasteiger partial charge in [-0.25, -0.2) is 29.1 Å². The minimum atomic E-state index is -1.11. The maximum atomic E-state index is 12.6. The van der Waals surface area contributed by atoms with Crippen molar-refractivity contribution in [3.8, 4) is 34.5 Å². The average molecular weight is 721 g/mol. The van der Waals surface area contributed by atoms with E-state index in [4.69, 9.17) is 47.7 Å². The Morgan fingerprint density at radius 2 is 0.824 bits per heavy atom. The standard InChI is InChI=1S/C35H44O16/c1-40-26-17-15-24(28(42-3)30(26)44-5)32(36)48-50-34(38)46-22-11-7-20(8-12-22)19-21-9-13-23(14-10-21)47-35(39)51-49-33(37)25-16-18-27(41-2)31(45-6)29(25)43-4/h15-18,20-23H,7-14,19H2,1-6H3. The first-order valence-electron chi connectivity index (χ1n) is 16.4.